The van der Waals surface area contributed by atoms with Crippen LogP contribution >= 0.6 is 0 Å². The second-order valence-electron chi connectivity index (χ2n) is 6.62. The van der Waals surface area contributed by atoms with E-state index in [2.05, 4.69) is 0 Å². The highest BCUT2D eigenvalue weighted by Gasteiger charge is 2.26. The van der Waals surface area contributed by atoms with E-state index in [0.29, 0.717) is 24.2 Å². The average Bonchev–Trinajstić information content (AvgIpc) is 2.58. The third-order valence-corrected chi connectivity index (χ3v) is 4.83. The first-order valence-corrected chi connectivity index (χ1v) is 8.31. The Morgan fingerprint density at radius 3 is 2.68 bits per heavy atom. The largest absolute Gasteiger partial charge is 0.508 e. The molecule has 5 nitrogen and oxygen atoms in total. The van der Waals surface area contributed by atoms with Crippen LogP contribution in [0.15, 0.2) is 35.1 Å². The number of piperidine rings is 1. The van der Waals surface area contributed by atoms with Crippen molar-refractivity contribution in [1.82, 2.24) is 9.47 Å². The maximum absolute atomic E-state index is 13.6. The fourth-order valence-corrected chi connectivity index (χ4v) is 3.34. The lowest BCUT2D eigenvalue weighted by Gasteiger charge is -2.33. The monoisotopic (exact) mass is 344 g/mol. The molecule has 0 radical (unpaired) electrons. The van der Waals surface area contributed by atoms with Gasteiger partial charge in [0, 0.05) is 49.4 Å². The normalized spacial score (nSPS) is 17.6. The lowest BCUT2D eigenvalue weighted by atomic mass is 9.90. The molecular weight excluding hydrogens is 323 g/mol. The summed E-state index contributed by atoms with van der Waals surface area (Å²) in [4.78, 5) is 26.4. The number of hydrogen-bond acceptors (Lipinski definition) is 3. The van der Waals surface area contributed by atoms with Crippen molar-refractivity contribution in [2.45, 2.75) is 25.7 Å². The van der Waals surface area contributed by atoms with Gasteiger partial charge in [0.25, 0.3) is 11.5 Å². The van der Waals surface area contributed by atoms with Crippen molar-refractivity contribution < 1.29 is 14.3 Å². The van der Waals surface area contributed by atoms with Crippen LogP contribution in [-0.4, -0.2) is 33.6 Å². The molecule has 1 unspecified atom stereocenters. The van der Waals surface area contributed by atoms with Crippen molar-refractivity contribution in [3.05, 3.63) is 63.3 Å². The molecule has 132 valence electrons. The topological polar surface area (TPSA) is 62.5 Å². The summed E-state index contributed by atoms with van der Waals surface area (Å²) in [6.07, 6.45) is 1.61. The Hall–Kier alpha value is -2.63. The van der Waals surface area contributed by atoms with Gasteiger partial charge in [-0.2, -0.15) is 0 Å². The van der Waals surface area contributed by atoms with Gasteiger partial charge in [0.05, 0.1) is 0 Å². The zero-order valence-corrected chi connectivity index (χ0v) is 14.3. The molecule has 1 aromatic carbocycles. The zero-order chi connectivity index (χ0) is 18.1. The van der Waals surface area contributed by atoms with Crippen LogP contribution in [0.5, 0.6) is 5.75 Å². The Balaban J connectivity index is 1.83. The number of carbonyl (C=O) groups excluding carboxylic acids is 1. The number of rotatable bonds is 2. The van der Waals surface area contributed by atoms with E-state index in [9.17, 15) is 19.1 Å². The van der Waals surface area contributed by atoms with Gasteiger partial charge in [-0.15, -0.1) is 0 Å². The summed E-state index contributed by atoms with van der Waals surface area (Å²) in [6.45, 7) is 2.83. The van der Waals surface area contributed by atoms with Crippen LogP contribution in [0.2, 0.25) is 0 Å². The van der Waals surface area contributed by atoms with Crippen molar-refractivity contribution in [3.8, 4) is 5.75 Å². The highest BCUT2D eigenvalue weighted by molar-refractivity contribution is 5.94. The Labute approximate surface area is 145 Å². The number of likely N-dealkylation sites (tertiary alicyclic amines) is 1. The molecule has 3 rings (SSSR count). The number of halogens is 1. The van der Waals surface area contributed by atoms with Gasteiger partial charge < -0.3 is 14.6 Å². The third kappa shape index (κ3) is 3.57. The number of pyridine rings is 1. The van der Waals surface area contributed by atoms with Crippen LogP contribution < -0.4 is 5.56 Å². The van der Waals surface area contributed by atoms with Crippen molar-refractivity contribution in [2.24, 2.45) is 7.05 Å². The van der Waals surface area contributed by atoms with Crippen LogP contribution in [0, 0.1) is 12.7 Å². The Morgan fingerprint density at radius 2 is 2.00 bits per heavy atom. The molecule has 1 aliphatic rings. The molecule has 6 heteroatoms. The molecule has 1 atom stereocenters. The lowest BCUT2D eigenvalue weighted by Crippen LogP contribution is -2.39. The molecule has 0 bridgehead atoms. The average molecular weight is 344 g/mol. The van der Waals surface area contributed by atoms with Gasteiger partial charge in [-0.3, -0.25) is 9.59 Å². The number of aromatic nitrogens is 1. The van der Waals surface area contributed by atoms with E-state index in [1.165, 1.54) is 16.7 Å². The number of hydrogen-bond donors (Lipinski definition) is 1. The molecule has 1 aliphatic heterocycles. The summed E-state index contributed by atoms with van der Waals surface area (Å²) in [5, 5.41) is 9.61. The number of phenols is 1. The minimum atomic E-state index is -0.486. The Bertz CT molecular complexity index is 855. The fourth-order valence-electron chi connectivity index (χ4n) is 3.34. The highest BCUT2D eigenvalue weighted by Crippen LogP contribution is 2.30. The maximum Gasteiger partial charge on any atom is 0.254 e. The van der Waals surface area contributed by atoms with Gasteiger partial charge in [0.1, 0.15) is 11.6 Å². The molecule has 0 aliphatic carbocycles. The predicted molar refractivity (Wildman–Crippen MR) is 92.4 cm³/mol. The van der Waals surface area contributed by atoms with E-state index < -0.39 is 5.82 Å². The van der Waals surface area contributed by atoms with Crippen LogP contribution in [0.1, 0.15) is 40.4 Å². The number of aryl methyl sites for hydroxylation is 1. The molecule has 0 saturated carbocycles. The molecule has 1 fully saturated rings. The standard InChI is InChI=1S/C19H21FN2O3/c1-12-6-15(9-18(24)21(12)2)19(25)22-5-3-4-13(11-22)14-7-16(20)10-17(23)8-14/h6-10,13,23H,3-5,11H2,1-2H3. The van der Waals surface area contributed by atoms with E-state index in [0.717, 1.165) is 24.6 Å². The number of phenolic OH excluding ortho intramolecular Hbond substituents is 1. The van der Waals surface area contributed by atoms with Crippen LogP contribution in [0.3, 0.4) is 0 Å². The Morgan fingerprint density at radius 1 is 1.24 bits per heavy atom. The van der Waals surface area contributed by atoms with Gasteiger partial charge in [-0.25, -0.2) is 4.39 Å². The summed E-state index contributed by atoms with van der Waals surface area (Å²) < 4.78 is 15.0. The fraction of sp³-hybridized carbons (Fsp3) is 0.368. The molecule has 1 N–H and O–H groups in total. The number of carbonyl (C=O) groups is 1. The van der Waals surface area contributed by atoms with Crippen molar-refractivity contribution in [1.29, 1.82) is 0 Å². The van der Waals surface area contributed by atoms with Crippen molar-refractivity contribution in [2.75, 3.05) is 13.1 Å². The summed E-state index contributed by atoms with van der Waals surface area (Å²) >= 11 is 0. The lowest BCUT2D eigenvalue weighted by molar-refractivity contribution is 0.0706. The minimum absolute atomic E-state index is 0.0352. The SMILES string of the molecule is Cc1cc(C(=O)N2CCCC(c3cc(O)cc(F)c3)C2)cc(=O)n1C. The van der Waals surface area contributed by atoms with E-state index in [4.69, 9.17) is 0 Å². The van der Waals surface area contributed by atoms with Gasteiger partial charge in [-0.1, -0.05) is 0 Å². The molecule has 1 amide bonds. The second-order valence-corrected chi connectivity index (χ2v) is 6.62. The van der Waals surface area contributed by atoms with Crippen molar-refractivity contribution >= 4 is 5.91 Å². The van der Waals surface area contributed by atoms with E-state index >= 15 is 0 Å². The molecule has 0 spiro atoms. The van der Waals surface area contributed by atoms with Gasteiger partial charge in [-0.05, 0) is 43.5 Å². The molecule has 2 aromatic rings. The molecule has 25 heavy (non-hydrogen) atoms. The third-order valence-electron chi connectivity index (χ3n) is 4.83. The highest BCUT2D eigenvalue weighted by atomic mass is 19.1. The number of amides is 1. The summed E-state index contributed by atoms with van der Waals surface area (Å²) in [7, 11) is 1.67. The Kier molecular flexibility index (Phi) is 4.61. The van der Waals surface area contributed by atoms with E-state index in [1.54, 1.807) is 31.0 Å². The quantitative estimate of drug-likeness (QED) is 0.911. The predicted octanol–water partition coefficient (Wildman–Crippen LogP) is 2.56. The summed E-state index contributed by atoms with van der Waals surface area (Å²) in [5.74, 6) is -0.820. The number of nitrogens with zero attached hydrogens (tertiary/aromatic N) is 2. The van der Waals surface area contributed by atoms with Crippen LogP contribution in [-0.2, 0) is 7.05 Å². The van der Waals surface area contributed by atoms with Gasteiger partial charge in [0.2, 0.25) is 0 Å². The first-order chi connectivity index (χ1) is 11.8. The maximum atomic E-state index is 13.6. The van der Waals surface area contributed by atoms with Crippen molar-refractivity contribution in [3.63, 3.8) is 0 Å². The molecular formula is C19H21FN2O3. The molecule has 1 aromatic heterocycles. The van der Waals surface area contributed by atoms with Gasteiger partial charge >= 0.3 is 0 Å². The van der Waals surface area contributed by atoms with E-state index in [1.807, 2.05) is 0 Å². The summed E-state index contributed by atoms with van der Waals surface area (Å²) in [6, 6.07) is 7.08. The minimum Gasteiger partial charge on any atom is -0.508 e. The van der Waals surface area contributed by atoms with E-state index in [-0.39, 0.29) is 23.1 Å². The second kappa shape index (κ2) is 6.70. The van der Waals surface area contributed by atoms with Gasteiger partial charge in [0.15, 0.2) is 0 Å². The first-order valence-electron chi connectivity index (χ1n) is 8.31. The first kappa shape index (κ1) is 17.2. The number of benzene rings is 1. The molecule has 2 heterocycles. The van der Waals surface area contributed by atoms with Crippen LogP contribution in [0.4, 0.5) is 4.39 Å². The summed E-state index contributed by atoms with van der Waals surface area (Å²) in [5.41, 5.74) is 1.57. The van der Waals surface area contributed by atoms with Crippen LogP contribution in [0.25, 0.3) is 0 Å². The molecule has 1 saturated heterocycles. The smallest absolute Gasteiger partial charge is 0.254 e. The zero-order valence-electron chi connectivity index (χ0n) is 14.3. The number of aromatic hydroxyl groups is 1.